The Hall–Kier alpha value is -2.13. The minimum absolute atomic E-state index is 0.442. The number of carbonyl (C=O) groups is 1. The van der Waals surface area contributed by atoms with Gasteiger partial charge in [0.1, 0.15) is 5.75 Å². The molecule has 0 unspecified atom stereocenters. The fraction of sp³-hybridized carbons (Fsp3) is 0.188. The number of aliphatic hydroxyl groups is 1. The number of benzene rings is 2. The molecule has 0 saturated carbocycles. The van der Waals surface area contributed by atoms with Crippen molar-refractivity contribution in [3.63, 3.8) is 0 Å². The highest BCUT2D eigenvalue weighted by molar-refractivity contribution is 5.75. The van der Waals surface area contributed by atoms with Crippen molar-refractivity contribution in [2.45, 2.75) is 13.0 Å². The summed E-state index contributed by atoms with van der Waals surface area (Å²) in [6, 6.07) is 17.9. The summed E-state index contributed by atoms with van der Waals surface area (Å²) < 4.78 is 5.22. The van der Waals surface area contributed by atoms with E-state index in [0.717, 1.165) is 0 Å². The lowest BCUT2D eigenvalue weighted by Gasteiger charge is -2.17. The molecule has 0 bridgehead atoms. The normalized spacial score (nSPS) is 13.6. The number of rotatable bonds is 4. The Labute approximate surface area is 112 Å². The number of para-hydroxylation sites is 1. The molecule has 0 amide bonds. The number of aliphatic hydroxyl groups excluding tert-OH is 1. The standard InChI is InChI=1S/C16H16O3/c1-12(15(17)13-8-4-2-5-9-13)16(18)19-14-10-6-3-7-11-14/h2-12,15,17H,1H3/t12-,15+/m0/s1. The molecule has 0 spiro atoms. The van der Waals surface area contributed by atoms with Gasteiger partial charge in [0.2, 0.25) is 0 Å². The number of hydrogen-bond donors (Lipinski definition) is 1. The summed E-state index contributed by atoms with van der Waals surface area (Å²) in [5.74, 6) is -0.579. The van der Waals surface area contributed by atoms with Gasteiger partial charge in [-0.2, -0.15) is 0 Å². The van der Waals surface area contributed by atoms with Crippen LogP contribution >= 0.6 is 0 Å². The number of hydrogen-bond acceptors (Lipinski definition) is 3. The molecule has 0 saturated heterocycles. The van der Waals surface area contributed by atoms with Crippen LogP contribution in [0.15, 0.2) is 60.7 Å². The molecule has 98 valence electrons. The molecule has 0 aliphatic carbocycles. The van der Waals surface area contributed by atoms with Crippen molar-refractivity contribution in [2.24, 2.45) is 5.92 Å². The molecule has 0 radical (unpaired) electrons. The van der Waals surface area contributed by atoms with Crippen LogP contribution in [0.5, 0.6) is 5.75 Å². The first kappa shape index (κ1) is 13.3. The lowest BCUT2D eigenvalue weighted by molar-refractivity contribution is -0.142. The van der Waals surface area contributed by atoms with Gasteiger partial charge in [-0.25, -0.2) is 0 Å². The zero-order valence-electron chi connectivity index (χ0n) is 10.7. The van der Waals surface area contributed by atoms with Crippen LogP contribution in [0.3, 0.4) is 0 Å². The second-order valence-electron chi connectivity index (χ2n) is 4.38. The molecule has 1 N–H and O–H groups in total. The average molecular weight is 256 g/mol. The first-order valence-corrected chi connectivity index (χ1v) is 6.18. The van der Waals surface area contributed by atoms with Gasteiger partial charge in [0.25, 0.3) is 0 Å². The molecule has 2 aromatic carbocycles. The summed E-state index contributed by atoms with van der Waals surface area (Å²) >= 11 is 0. The molecule has 2 rings (SSSR count). The first-order chi connectivity index (χ1) is 9.18. The summed E-state index contributed by atoms with van der Waals surface area (Å²) in [7, 11) is 0. The van der Waals surface area contributed by atoms with Gasteiger partial charge in [0.05, 0.1) is 12.0 Å². The maximum absolute atomic E-state index is 11.9. The van der Waals surface area contributed by atoms with Crippen LogP contribution in [0.4, 0.5) is 0 Å². The third kappa shape index (κ3) is 3.42. The van der Waals surface area contributed by atoms with E-state index in [1.807, 2.05) is 24.3 Å². The van der Waals surface area contributed by atoms with Crippen LogP contribution in [0.25, 0.3) is 0 Å². The minimum atomic E-state index is -0.864. The molecule has 0 aromatic heterocycles. The Morgan fingerprint density at radius 1 is 1.00 bits per heavy atom. The second kappa shape index (κ2) is 6.16. The topological polar surface area (TPSA) is 46.5 Å². The molecule has 3 nitrogen and oxygen atoms in total. The summed E-state index contributed by atoms with van der Waals surface area (Å²) in [5.41, 5.74) is 0.708. The highest BCUT2D eigenvalue weighted by atomic mass is 16.5. The fourth-order valence-corrected chi connectivity index (χ4v) is 1.77. The van der Waals surface area contributed by atoms with Gasteiger partial charge >= 0.3 is 5.97 Å². The molecule has 0 aliphatic rings. The molecule has 2 aromatic rings. The zero-order chi connectivity index (χ0) is 13.7. The molecule has 2 atom stereocenters. The predicted octanol–water partition coefficient (Wildman–Crippen LogP) is 2.96. The highest BCUT2D eigenvalue weighted by Gasteiger charge is 2.25. The van der Waals surface area contributed by atoms with Crippen molar-refractivity contribution in [3.05, 3.63) is 66.2 Å². The summed E-state index contributed by atoms with van der Waals surface area (Å²) in [5, 5.41) is 10.1. The Balaban J connectivity index is 2.03. The van der Waals surface area contributed by atoms with Crippen molar-refractivity contribution in [2.75, 3.05) is 0 Å². The number of esters is 1. The molecular weight excluding hydrogens is 240 g/mol. The van der Waals surface area contributed by atoms with E-state index in [2.05, 4.69) is 0 Å². The Bertz CT molecular complexity index is 522. The maximum Gasteiger partial charge on any atom is 0.317 e. The summed E-state index contributed by atoms with van der Waals surface area (Å²) in [6.45, 7) is 1.66. The van der Waals surface area contributed by atoms with Crippen molar-refractivity contribution in [1.29, 1.82) is 0 Å². The van der Waals surface area contributed by atoms with E-state index in [1.165, 1.54) is 0 Å². The van der Waals surface area contributed by atoms with E-state index in [1.54, 1.807) is 43.3 Å². The average Bonchev–Trinajstić information content (AvgIpc) is 2.47. The third-order valence-electron chi connectivity index (χ3n) is 2.95. The quantitative estimate of drug-likeness (QED) is 0.675. The molecular formula is C16H16O3. The SMILES string of the molecule is C[C@H](C(=O)Oc1ccccc1)[C@@H](O)c1ccccc1. The summed E-state index contributed by atoms with van der Waals surface area (Å²) in [4.78, 5) is 11.9. The van der Waals surface area contributed by atoms with Gasteiger partial charge in [0.15, 0.2) is 0 Å². The van der Waals surface area contributed by atoms with Crippen LogP contribution in [-0.2, 0) is 4.79 Å². The van der Waals surface area contributed by atoms with Crippen LogP contribution in [0.2, 0.25) is 0 Å². The number of carbonyl (C=O) groups excluding carboxylic acids is 1. The van der Waals surface area contributed by atoms with Crippen molar-refractivity contribution in [3.8, 4) is 5.75 Å². The Morgan fingerprint density at radius 3 is 2.11 bits per heavy atom. The van der Waals surface area contributed by atoms with Gasteiger partial charge in [-0.05, 0) is 24.6 Å². The highest BCUT2D eigenvalue weighted by Crippen LogP contribution is 2.23. The van der Waals surface area contributed by atoms with Crippen LogP contribution in [0, 0.1) is 5.92 Å². The first-order valence-electron chi connectivity index (χ1n) is 6.18. The van der Waals surface area contributed by atoms with Crippen molar-refractivity contribution < 1.29 is 14.6 Å². The van der Waals surface area contributed by atoms with Gasteiger partial charge in [0, 0.05) is 0 Å². The van der Waals surface area contributed by atoms with Crippen LogP contribution in [0.1, 0.15) is 18.6 Å². The molecule has 3 heteroatoms. The zero-order valence-corrected chi connectivity index (χ0v) is 10.7. The molecule has 19 heavy (non-hydrogen) atoms. The number of ether oxygens (including phenoxy) is 1. The predicted molar refractivity (Wildman–Crippen MR) is 72.6 cm³/mol. The molecule has 0 aliphatic heterocycles. The van der Waals surface area contributed by atoms with Gasteiger partial charge in [-0.15, -0.1) is 0 Å². The second-order valence-corrected chi connectivity index (χ2v) is 4.38. The van der Waals surface area contributed by atoms with E-state index in [-0.39, 0.29) is 0 Å². The van der Waals surface area contributed by atoms with E-state index in [9.17, 15) is 9.90 Å². The van der Waals surface area contributed by atoms with Crippen LogP contribution in [-0.4, -0.2) is 11.1 Å². The van der Waals surface area contributed by atoms with Crippen molar-refractivity contribution >= 4 is 5.97 Å². The monoisotopic (exact) mass is 256 g/mol. The molecule has 0 fully saturated rings. The van der Waals surface area contributed by atoms with Gasteiger partial charge in [-0.3, -0.25) is 4.79 Å². The van der Waals surface area contributed by atoms with E-state index < -0.39 is 18.0 Å². The lowest BCUT2D eigenvalue weighted by atomic mass is 9.98. The van der Waals surface area contributed by atoms with Crippen LogP contribution < -0.4 is 4.74 Å². The van der Waals surface area contributed by atoms with Crippen molar-refractivity contribution in [1.82, 2.24) is 0 Å². The fourth-order valence-electron chi connectivity index (χ4n) is 1.77. The van der Waals surface area contributed by atoms with Gasteiger partial charge in [-0.1, -0.05) is 48.5 Å². The van der Waals surface area contributed by atoms with E-state index in [4.69, 9.17) is 4.74 Å². The van der Waals surface area contributed by atoms with Gasteiger partial charge < -0.3 is 9.84 Å². The van der Waals surface area contributed by atoms with E-state index >= 15 is 0 Å². The smallest absolute Gasteiger partial charge is 0.317 e. The lowest BCUT2D eigenvalue weighted by Crippen LogP contribution is -2.24. The molecule has 0 heterocycles. The Kier molecular flexibility index (Phi) is 4.31. The van der Waals surface area contributed by atoms with E-state index in [0.29, 0.717) is 11.3 Å². The Morgan fingerprint density at radius 2 is 1.53 bits per heavy atom. The maximum atomic E-state index is 11.9. The largest absolute Gasteiger partial charge is 0.426 e. The summed E-state index contributed by atoms with van der Waals surface area (Å²) in [6.07, 6.45) is -0.864. The third-order valence-corrected chi connectivity index (χ3v) is 2.95. The minimum Gasteiger partial charge on any atom is -0.426 e.